The first-order valence-electron chi connectivity index (χ1n) is 5.04. The molecule has 84 valence electrons. The Morgan fingerprint density at radius 2 is 2.00 bits per heavy atom. The Bertz CT molecular complexity index is 625. The fourth-order valence-corrected chi connectivity index (χ4v) is 1.58. The summed E-state index contributed by atoms with van der Waals surface area (Å²) in [5.74, 6) is 0.683. The fourth-order valence-electron chi connectivity index (χ4n) is 1.58. The van der Waals surface area contributed by atoms with Crippen molar-refractivity contribution in [2.75, 3.05) is 0 Å². The van der Waals surface area contributed by atoms with Gasteiger partial charge in [0.05, 0.1) is 6.26 Å². The van der Waals surface area contributed by atoms with Gasteiger partial charge in [0.15, 0.2) is 11.3 Å². The molecular formula is C11H8BNO4. The van der Waals surface area contributed by atoms with Crippen LogP contribution in [0.2, 0.25) is 0 Å². The summed E-state index contributed by atoms with van der Waals surface area (Å²) in [5.41, 5.74) is 1.65. The second-order valence-corrected chi connectivity index (χ2v) is 3.60. The molecule has 0 aliphatic heterocycles. The van der Waals surface area contributed by atoms with Crippen LogP contribution < -0.4 is 5.46 Å². The molecule has 0 bridgehead atoms. The zero-order valence-electron chi connectivity index (χ0n) is 8.70. The quantitative estimate of drug-likeness (QED) is 0.634. The van der Waals surface area contributed by atoms with Gasteiger partial charge in [-0.15, -0.1) is 0 Å². The molecule has 2 N–H and O–H groups in total. The number of para-hydroxylation sites is 2. The number of oxazole rings is 1. The SMILES string of the molecule is OB(O)c1coc(-c2nc3ccccc3o2)c1. The maximum absolute atomic E-state index is 8.97. The highest BCUT2D eigenvalue weighted by Gasteiger charge is 2.18. The predicted octanol–water partition coefficient (Wildman–Crippen LogP) is 0.768. The molecule has 2 heterocycles. The largest absolute Gasteiger partial charge is 0.491 e. The Balaban J connectivity index is 2.07. The van der Waals surface area contributed by atoms with Gasteiger partial charge in [0, 0.05) is 5.46 Å². The van der Waals surface area contributed by atoms with E-state index >= 15 is 0 Å². The highest BCUT2D eigenvalue weighted by atomic mass is 16.4. The van der Waals surface area contributed by atoms with Crippen LogP contribution in [0.3, 0.4) is 0 Å². The van der Waals surface area contributed by atoms with E-state index in [1.807, 2.05) is 18.2 Å². The minimum Gasteiger partial charge on any atom is -0.460 e. The highest BCUT2D eigenvalue weighted by Crippen LogP contribution is 2.23. The van der Waals surface area contributed by atoms with Gasteiger partial charge in [0.1, 0.15) is 5.52 Å². The summed E-state index contributed by atoms with van der Waals surface area (Å²) in [7, 11) is -1.56. The van der Waals surface area contributed by atoms with Gasteiger partial charge in [0.25, 0.3) is 5.89 Å². The second kappa shape index (κ2) is 3.76. The van der Waals surface area contributed by atoms with Crippen molar-refractivity contribution in [3.05, 3.63) is 36.6 Å². The summed E-state index contributed by atoms with van der Waals surface area (Å²) < 4.78 is 10.6. The molecule has 3 aromatic rings. The third-order valence-corrected chi connectivity index (χ3v) is 2.42. The molecule has 0 amide bonds. The van der Waals surface area contributed by atoms with Gasteiger partial charge < -0.3 is 18.9 Å². The van der Waals surface area contributed by atoms with E-state index < -0.39 is 7.12 Å². The summed E-state index contributed by atoms with van der Waals surface area (Å²) >= 11 is 0. The normalized spacial score (nSPS) is 10.9. The van der Waals surface area contributed by atoms with Crippen LogP contribution in [-0.4, -0.2) is 22.2 Å². The lowest BCUT2D eigenvalue weighted by atomic mass is 9.82. The molecule has 0 aliphatic rings. The molecule has 5 nitrogen and oxygen atoms in total. The zero-order valence-corrected chi connectivity index (χ0v) is 8.70. The van der Waals surface area contributed by atoms with Crippen LogP contribution >= 0.6 is 0 Å². The Morgan fingerprint density at radius 3 is 2.71 bits per heavy atom. The van der Waals surface area contributed by atoms with Crippen LogP contribution in [0.25, 0.3) is 22.8 Å². The van der Waals surface area contributed by atoms with Gasteiger partial charge in [-0.2, -0.15) is 0 Å². The second-order valence-electron chi connectivity index (χ2n) is 3.60. The Morgan fingerprint density at radius 1 is 1.18 bits per heavy atom. The van der Waals surface area contributed by atoms with Gasteiger partial charge >= 0.3 is 7.12 Å². The summed E-state index contributed by atoms with van der Waals surface area (Å²) in [5, 5.41) is 17.9. The molecule has 0 aliphatic carbocycles. The average Bonchev–Trinajstić information content (AvgIpc) is 2.95. The molecule has 0 radical (unpaired) electrons. The van der Waals surface area contributed by atoms with Crippen molar-refractivity contribution < 1.29 is 18.9 Å². The molecular weight excluding hydrogens is 221 g/mol. The van der Waals surface area contributed by atoms with Gasteiger partial charge in [-0.05, 0) is 18.2 Å². The van der Waals surface area contributed by atoms with Crippen LogP contribution in [0, 0.1) is 0 Å². The number of fused-ring (bicyclic) bond motifs is 1. The zero-order chi connectivity index (χ0) is 11.8. The van der Waals surface area contributed by atoms with E-state index in [0.717, 1.165) is 5.52 Å². The van der Waals surface area contributed by atoms with Crippen molar-refractivity contribution in [2.45, 2.75) is 0 Å². The molecule has 0 atom stereocenters. The van der Waals surface area contributed by atoms with E-state index in [9.17, 15) is 0 Å². The molecule has 2 aromatic heterocycles. The molecule has 3 rings (SSSR count). The van der Waals surface area contributed by atoms with Crippen LogP contribution in [0.5, 0.6) is 0 Å². The van der Waals surface area contributed by atoms with E-state index in [-0.39, 0.29) is 5.46 Å². The number of hydrogen-bond donors (Lipinski definition) is 2. The van der Waals surface area contributed by atoms with E-state index in [0.29, 0.717) is 17.2 Å². The Hall–Kier alpha value is -2.05. The van der Waals surface area contributed by atoms with Gasteiger partial charge in [0.2, 0.25) is 0 Å². The number of nitrogens with zero attached hydrogens (tertiary/aromatic N) is 1. The number of rotatable bonds is 2. The summed E-state index contributed by atoms with van der Waals surface area (Å²) in [6, 6.07) is 8.82. The summed E-state index contributed by atoms with van der Waals surface area (Å²) in [6.45, 7) is 0. The average molecular weight is 229 g/mol. The van der Waals surface area contributed by atoms with E-state index in [1.165, 1.54) is 12.3 Å². The van der Waals surface area contributed by atoms with Crippen molar-refractivity contribution in [2.24, 2.45) is 0 Å². The minimum atomic E-state index is -1.56. The van der Waals surface area contributed by atoms with E-state index in [2.05, 4.69) is 4.98 Å². The fraction of sp³-hybridized carbons (Fsp3) is 0. The predicted molar refractivity (Wildman–Crippen MR) is 61.5 cm³/mol. The maximum atomic E-state index is 8.97. The molecule has 0 spiro atoms. The summed E-state index contributed by atoms with van der Waals surface area (Å²) in [6.07, 6.45) is 1.26. The molecule has 0 fully saturated rings. The number of aromatic nitrogens is 1. The molecule has 0 saturated carbocycles. The minimum absolute atomic E-state index is 0.266. The van der Waals surface area contributed by atoms with Gasteiger partial charge in [-0.1, -0.05) is 12.1 Å². The lowest BCUT2D eigenvalue weighted by molar-refractivity contribution is 0.425. The topological polar surface area (TPSA) is 79.6 Å². The van der Waals surface area contributed by atoms with E-state index in [1.54, 1.807) is 6.07 Å². The highest BCUT2D eigenvalue weighted by molar-refractivity contribution is 6.58. The lowest BCUT2D eigenvalue weighted by Gasteiger charge is -1.87. The monoisotopic (exact) mass is 229 g/mol. The molecule has 6 heteroatoms. The number of furan rings is 1. The van der Waals surface area contributed by atoms with Crippen LogP contribution in [0.15, 0.2) is 45.4 Å². The van der Waals surface area contributed by atoms with Crippen molar-refractivity contribution in [3.63, 3.8) is 0 Å². The molecule has 0 saturated heterocycles. The first-order chi connectivity index (χ1) is 8.24. The Labute approximate surface area is 96.5 Å². The van der Waals surface area contributed by atoms with Crippen molar-refractivity contribution in [1.29, 1.82) is 0 Å². The van der Waals surface area contributed by atoms with Crippen molar-refractivity contribution >= 4 is 23.7 Å². The number of benzene rings is 1. The van der Waals surface area contributed by atoms with Crippen LogP contribution in [0.4, 0.5) is 0 Å². The van der Waals surface area contributed by atoms with Gasteiger partial charge in [-0.25, -0.2) is 4.98 Å². The first-order valence-corrected chi connectivity index (χ1v) is 5.04. The van der Waals surface area contributed by atoms with Crippen LogP contribution in [-0.2, 0) is 0 Å². The smallest absolute Gasteiger partial charge is 0.460 e. The third kappa shape index (κ3) is 1.73. The maximum Gasteiger partial charge on any atom is 0.491 e. The van der Waals surface area contributed by atoms with E-state index in [4.69, 9.17) is 18.9 Å². The molecule has 1 aromatic carbocycles. The Kier molecular flexibility index (Phi) is 2.24. The van der Waals surface area contributed by atoms with Gasteiger partial charge in [-0.3, -0.25) is 0 Å². The molecule has 0 unspecified atom stereocenters. The first kappa shape index (κ1) is 10.1. The number of hydrogen-bond acceptors (Lipinski definition) is 5. The van der Waals surface area contributed by atoms with Crippen LogP contribution in [0.1, 0.15) is 0 Å². The van der Waals surface area contributed by atoms with Crippen molar-refractivity contribution in [3.8, 4) is 11.7 Å². The standard InChI is InChI=1S/C11H8BNO4/c14-12(15)7-5-10(16-6-7)11-13-8-3-1-2-4-9(8)17-11/h1-6,14-15H. The summed E-state index contributed by atoms with van der Waals surface area (Å²) in [4.78, 5) is 4.23. The molecule has 17 heavy (non-hydrogen) atoms. The third-order valence-electron chi connectivity index (χ3n) is 2.42. The van der Waals surface area contributed by atoms with Crippen molar-refractivity contribution in [1.82, 2.24) is 4.98 Å². The lowest BCUT2D eigenvalue weighted by Crippen LogP contribution is -2.27.